The number of rotatable bonds is 3. The number of fused-ring (bicyclic) bond motifs is 1. The van der Waals surface area contributed by atoms with E-state index in [1.54, 1.807) is 19.9 Å². The molecule has 0 radical (unpaired) electrons. The molecule has 2 rings (SSSR count). The van der Waals surface area contributed by atoms with Crippen molar-refractivity contribution >= 4 is 22.4 Å². The third-order valence-corrected chi connectivity index (χ3v) is 3.62. The molecule has 0 saturated carbocycles. The maximum Gasteiger partial charge on any atom is 0.137 e. The van der Waals surface area contributed by atoms with E-state index in [1.807, 2.05) is 26.0 Å². The fourth-order valence-electron chi connectivity index (χ4n) is 1.62. The Morgan fingerprint density at radius 2 is 1.84 bits per heavy atom. The van der Waals surface area contributed by atoms with E-state index in [-0.39, 0.29) is 0 Å². The summed E-state index contributed by atoms with van der Waals surface area (Å²) in [5.41, 5.74) is 5.85. The molecule has 0 saturated heterocycles. The standard InChI is InChI=1S/C14H20N4O/c1-13(2,14(3,4)19)18-12-10-7-9(15)5-6-11(10)16-8-17-12/h5-8,19H,15H2,1-4H3,(H,16,17,18). The molecular weight excluding hydrogens is 240 g/mol. The first-order chi connectivity index (χ1) is 8.71. The van der Waals surface area contributed by atoms with E-state index in [9.17, 15) is 5.11 Å². The van der Waals surface area contributed by atoms with Gasteiger partial charge in [-0.05, 0) is 45.9 Å². The van der Waals surface area contributed by atoms with Crippen molar-refractivity contribution in [3.05, 3.63) is 24.5 Å². The van der Waals surface area contributed by atoms with E-state index in [0.29, 0.717) is 11.5 Å². The Hall–Kier alpha value is -1.88. The van der Waals surface area contributed by atoms with Gasteiger partial charge in [0.25, 0.3) is 0 Å². The van der Waals surface area contributed by atoms with E-state index < -0.39 is 11.1 Å². The molecule has 0 aliphatic heterocycles. The lowest BCUT2D eigenvalue weighted by Crippen LogP contribution is -2.51. The molecule has 0 aliphatic rings. The average Bonchev–Trinajstić information content (AvgIpc) is 2.28. The van der Waals surface area contributed by atoms with Crippen LogP contribution in [0.4, 0.5) is 11.5 Å². The van der Waals surface area contributed by atoms with Gasteiger partial charge >= 0.3 is 0 Å². The summed E-state index contributed by atoms with van der Waals surface area (Å²) < 4.78 is 0. The zero-order valence-electron chi connectivity index (χ0n) is 11.7. The van der Waals surface area contributed by atoms with E-state index in [0.717, 1.165) is 10.9 Å². The van der Waals surface area contributed by atoms with Gasteiger partial charge in [-0.25, -0.2) is 9.97 Å². The largest absolute Gasteiger partial charge is 0.399 e. The summed E-state index contributed by atoms with van der Waals surface area (Å²) in [7, 11) is 0. The van der Waals surface area contributed by atoms with Gasteiger partial charge in [0, 0.05) is 11.1 Å². The maximum atomic E-state index is 10.2. The Morgan fingerprint density at radius 3 is 2.47 bits per heavy atom. The first-order valence-electron chi connectivity index (χ1n) is 6.21. The topological polar surface area (TPSA) is 84.1 Å². The number of nitrogens with zero attached hydrogens (tertiary/aromatic N) is 2. The van der Waals surface area contributed by atoms with Crippen molar-refractivity contribution < 1.29 is 5.11 Å². The van der Waals surface area contributed by atoms with Gasteiger partial charge in [0.1, 0.15) is 12.1 Å². The number of benzene rings is 1. The zero-order chi connectivity index (χ0) is 14.3. The van der Waals surface area contributed by atoms with Crippen LogP contribution in [-0.2, 0) is 0 Å². The number of aromatic nitrogens is 2. The smallest absolute Gasteiger partial charge is 0.137 e. The zero-order valence-corrected chi connectivity index (χ0v) is 11.7. The Kier molecular flexibility index (Phi) is 3.10. The second-order valence-corrected chi connectivity index (χ2v) is 5.81. The van der Waals surface area contributed by atoms with Crippen LogP contribution in [0.1, 0.15) is 27.7 Å². The summed E-state index contributed by atoms with van der Waals surface area (Å²) in [5.74, 6) is 0.671. The number of anilines is 2. The van der Waals surface area contributed by atoms with Crippen LogP contribution in [0.25, 0.3) is 10.9 Å². The van der Waals surface area contributed by atoms with Crippen molar-refractivity contribution in [1.29, 1.82) is 0 Å². The Morgan fingerprint density at radius 1 is 1.16 bits per heavy atom. The minimum absolute atomic E-state index is 0.543. The van der Waals surface area contributed by atoms with Crippen molar-refractivity contribution in [2.24, 2.45) is 0 Å². The van der Waals surface area contributed by atoms with E-state index in [1.165, 1.54) is 6.33 Å². The van der Waals surface area contributed by atoms with Crippen LogP contribution in [0.5, 0.6) is 0 Å². The van der Waals surface area contributed by atoms with Crippen molar-refractivity contribution in [3.8, 4) is 0 Å². The molecule has 4 N–H and O–H groups in total. The average molecular weight is 260 g/mol. The first kappa shape index (κ1) is 13.5. The Bertz CT molecular complexity index is 602. The summed E-state index contributed by atoms with van der Waals surface area (Å²) in [6, 6.07) is 5.49. The third kappa shape index (κ3) is 2.61. The van der Waals surface area contributed by atoms with Crippen molar-refractivity contribution in [2.45, 2.75) is 38.8 Å². The van der Waals surface area contributed by atoms with E-state index >= 15 is 0 Å². The molecular formula is C14H20N4O. The summed E-state index contributed by atoms with van der Waals surface area (Å²) in [4.78, 5) is 8.46. The van der Waals surface area contributed by atoms with Crippen LogP contribution in [-0.4, -0.2) is 26.2 Å². The SMILES string of the molecule is CC(C)(O)C(C)(C)Nc1ncnc2ccc(N)cc12. The van der Waals surface area contributed by atoms with Gasteiger partial charge in [0.15, 0.2) is 0 Å². The van der Waals surface area contributed by atoms with Crippen LogP contribution >= 0.6 is 0 Å². The molecule has 0 spiro atoms. The number of nitrogens with one attached hydrogen (secondary N) is 1. The van der Waals surface area contributed by atoms with E-state index in [2.05, 4.69) is 15.3 Å². The highest BCUT2D eigenvalue weighted by atomic mass is 16.3. The second kappa shape index (κ2) is 4.35. The molecule has 0 aliphatic carbocycles. The highest BCUT2D eigenvalue weighted by Gasteiger charge is 2.35. The van der Waals surface area contributed by atoms with Crippen LogP contribution in [0.3, 0.4) is 0 Å². The van der Waals surface area contributed by atoms with Gasteiger partial charge < -0.3 is 16.2 Å². The van der Waals surface area contributed by atoms with Gasteiger partial charge in [-0.1, -0.05) is 0 Å². The van der Waals surface area contributed by atoms with Crippen LogP contribution in [0, 0.1) is 0 Å². The lowest BCUT2D eigenvalue weighted by Gasteiger charge is -2.38. The minimum atomic E-state index is -0.898. The van der Waals surface area contributed by atoms with E-state index in [4.69, 9.17) is 5.73 Å². The molecule has 1 aromatic heterocycles. The summed E-state index contributed by atoms with van der Waals surface area (Å²) in [6.07, 6.45) is 1.50. The number of hydrogen-bond donors (Lipinski definition) is 3. The first-order valence-corrected chi connectivity index (χ1v) is 6.21. The Labute approximate surface area is 112 Å². The number of hydrogen-bond acceptors (Lipinski definition) is 5. The summed E-state index contributed by atoms with van der Waals surface area (Å²) in [5, 5.41) is 14.3. The Balaban J connectivity index is 2.49. The van der Waals surface area contributed by atoms with Gasteiger partial charge in [0.05, 0.1) is 16.7 Å². The highest BCUT2D eigenvalue weighted by Crippen LogP contribution is 2.29. The molecule has 0 unspecified atom stereocenters. The van der Waals surface area contributed by atoms with Crippen molar-refractivity contribution in [1.82, 2.24) is 9.97 Å². The second-order valence-electron chi connectivity index (χ2n) is 5.81. The van der Waals surface area contributed by atoms with Crippen LogP contribution < -0.4 is 11.1 Å². The fourth-order valence-corrected chi connectivity index (χ4v) is 1.62. The molecule has 5 nitrogen and oxygen atoms in total. The maximum absolute atomic E-state index is 10.2. The molecule has 19 heavy (non-hydrogen) atoms. The highest BCUT2D eigenvalue weighted by molar-refractivity contribution is 5.91. The van der Waals surface area contributed by atoms with Crippen LogP contribution in [0.2, 0.25) is 0 Å². The number of nitrogens with two attached hydrogens (primary N) is 1. The van der Waals surface area contributed by atoms with Crippen LogP contribution in [0.15, 0.2) is 24.5 Å². The molecule has 0 bridgehead atoms. The number of nitrogen functional groups attached to an aromatic ring is 1. The third-order valence-electron chi connectivity index (χ3n) is 3.62. The van der Waals surface area contributed by atoms with Gasteiger partial charge in [-0.2, -0.15) is 0 Å². The van der Waals surface area contributed by atoms with Gasteiger partial charge in [0.2, 0.25) is 0 Å². The molecule has 2 aromatic rings. The fraction of sp³-hybridized carbons (Fsp3) is 0.429. The summed E-state index contributed by atoms with van der Waals surface area (Å²) >= 11 is 0. The molecule has 1 aromatic carbocycles. The molecule has 0 fully saturated rings. The number of aliphatic hydroxyl groups is 1. The van der Waals surface area contributed by atoms with Crippen molar-refractivity contribution in [2.75, 3.05) is 11.1 Å². The quantitative estimate of drug-likeness (QED) is 0.737. The van der Waals surface area contributed by atoms with Crippen molar-refractivity contribution in [3.63, 3.8) is 0 Å². The minimum Gasteiger partial charge on any atom is -0.399 e. The van der Waals surface area contributed by atoms with Gasteiger partial charge in [-0.3, -0.25) is 0 Å². The van der Waals surface area contributed by atoms with Gasteiger partial charge in [-0.15, -0.1) is 0 Å². The monoisotopic (exact) mass is 260 g/mol. The molecule has 1 heterocycles. The molecule has 5 heteroatoms. The predicted molar refractivity (Wildman–Crippen MR) is 77.9 cm³/mol. The summed E-state index contributed by atoms with van der Waals surface area (Å²) in [6.45, 7) is 7.37. The normalized spacial score (nSPS) is 12.7. The molecule has 102 valence electrons. The lowest BCUT2D eigenvalue weighted by atomic mass is 9.86. The molecule has 0 atom stereocenters. The predicted octanol–water partition coefficient (Wildman–Crippen LogP) is 2.17. The molecule has 0 amide bonds. The lowest BCUT2D eigenvalue weighted by molar-refractivity contribution is 0.0239.